The highest BCUT2D eigenvalue weighted by Crippen LogP contribution is 2.18. The van der Waals surface area contributed by atoms with Gasteiger partial charge in [-0.1, -0.05) is 11.6 Å². The highest BCUT2D eigenvalue weighted by molar-refractivity contribution is 7.92. The number of nitrogen functional groups attached to an aromatic ring is 1. The Morgan fingerprint density at radius 1 is 1.39 bits per heavy atom. The van der Waals surface area contributed by atoms with Crippen molar-refractivity contribution < 1.29 is 8.42 Å². The summed E-state index contributed by atoms with van der Waals surface area (Å²) < 4.78 is 27.6. The average Bonchev–Trinajstić information content (AvgIpc) is 2.62. The number of hydrogen-bond donors (Lipinski definition) is 2. The number of halogens is 1. The van der Waals surface area contributed by atoms with Crippen molar-refractivity contribution in [2.45, 2.75) is 5.03 Å². The molecule has 0 aliphatic heterocycles. The maximum Gasteiger partial charge on any atom is 0.282 e. The Morgan fingerprint density at radius 3 is 2.61 bits per heavy atom. The highest BCUT2D eigenvalue weighted by Gasteiger charge is 2.22. The first kappa shape index (κ1) is 12.6. The number of imidazole rings is 1. The van der Waals surface area contributed by atoms with Crippen molar-refractivity contribution in [3.63, 3.8) is 0 Å². The molecule has 0 bridgehead atoms. The SMILES string of the molecule is Cn1cnc(N)c1S(=O)(=O)Nc1ccc(Cl)nn1. The molecule has 0 saturated heterocycles. The highest BCUT2D eigenvalue weighted by atomic mass is 35.5. The van der Waals surface area contributed by atoms with Crippen LogP contribution in [0.5, 0.6) is 0 Å². The Bertz CT molecular complexity index is 646. The minimum atomic E-state index is -3.86. The Balaban J connectivity index is 2.36. The van der Waals surface area contributed by atoms with Crippen molar-refractivity contribution in [3.05, 3.63) is 23.6 Å². The molecule has 0 aliphatic rings. The topological polar surface area (TPSA) is 116 Å². The third-order valence-corrected chi connectivity index (χ3v) is 3.72. The van der Waals surface area contributed by atoms with Gasteiger partial charge in [-0.25, -0.2) is 4.98 Å². The minimum absolute atomic E-state index is 0.0417. The van der Waals surface area contributed by atoms with Gasteiger partial charge in [0.1, 0.15) is 0 Å². The maximum atomic E-state index is 12.0. The third-order valence-electron chi connectivity index (χ3n) is 2.03. The second kappa shape index (κ2) is 4.42. The molecule has 10 heteroatoms. The van der Waals surface area contributed by atoms with E-state index in [0.717, 1.165) is 0 Å². The quantitative estimate of drug-likeness (QED) is 0.836. The van der Waals surface area contributed by atoms with Gasteiger partial charge in [0.25, 0.3) is 10.0 Å². The zero-order valence-electron chi connectivity index (χ0n) is 9.20. The van der Waals surface area contributed by atoms with Crippen LogP contribution in [-0.2, 0) is 17.1 Å². The van der Waals surface area contributed by atoms with Gasteiger partial charge in [-0.2, -0.15) is 8.42 Å². The number of nitrogens with zero attached hydrogens (tertiary/aromatic N) is 4. The van der Waals surface area contributed by atoms with E-state index in [-0.39, 0.29) is 21.8 Å². The lowest BCUT2D eigenvalue weighted by Gasteiger charge is -2.07. The predicted octanol–water partition coefficient (Wildman–Crippen LogP) is 0.246. The molecular weight excluding hydrogens is 280 g/mol. The van der Waals surface area contributed by atoms with Crippen LogP contribution < -0.4 is 10.5 Å². The lowest BCUT2D eigenvalue weighted by Crippen LogP contribution is -2.18. The predicted molar refractivity (Wildman–Crippen MR) is 65.5 cm³/mol. The number of aromatic nitrogens is 4. The molecule has 0 amide bonds. The van der Waals surface area contributed by atoms with Gasteiger partial charge >= 0.3 is 0 Å². The molecule has 0 aliphatic carbocycles. The summed E-state index contributed by atoms with van der Waals surface area (Å²) in [4.78, 5) is 3.70. The van der Waals surface area contributed by atoms with E-state index in [1.54, 1.807) is 0 Å². The molecule has 0 radical (unpaired) electrons. The first-order chi connectivity index (χ1) is 8.40. The van der Waals surface area contributed by atoms with Crippen LogP contribution in [0.3, 0.4) is 0 Å². The van der Waals surface area contributed by atoms with Crippen LogP contribution in [0.2, 0.25) is 5.15 Å². The van der Waals surface area contributed by atoms with Gasteiger partial charge < -0.3 is 10.3 Å². The fraction of sp³-hybridized carbons (Fsp3) is 0.125. The summed E-state index contributed by atoms with van der Waals surface area (Å²) in [5, 5.41) is 7.14. The van der Waals surface area contributed by atoms with Crippen LogP contribution in [-0.4, -0.2) is 28.2 Å². The summed E-state index contributed by atoms with van der Waals surface area (Å²) in [6, 6.07) is 2.80. The fourth-order valence-electron chi connectivity index (χ4n) is 1.32. The van der Waals surface area contributed by atoms with Gasteiger partial charge in [-0.3, -0.25) is 4.72 Å². The zero-order valence-corrected chi connectivity index (χ0v) is 10.8. The summed E-state index contributed by atoms with van der Waals surface area (Å²) in [5.74, 6) is -0.0491. The van der Waals surface area contributed by atoms with Crippen LogP contribution in [0.25, 0.3) is 0 Å². The molecule has 96 valence electrons. The Morgan fingerprint density at radius 2 is 2.11 bits per heavy atom. The molecule has 2 heterocycles. The molecular formula is C8H9ClN6O2S. The summed E-state index contributed by atoms with van der Waals surface area (Å²) in [5.41, 5.74) is 5.50. The molecule has 18 heavy (non-hydrogen) atoms. The summed E-state index contributed by atoms with van der Waals surface area (Å²) in [7, 11) is -2.35. The van der Waals surface area contributed by atoms with E-state index in [4.69, 9.17) is 17.3 Å². The zero-order chi connectivity index (χ0) is 13.3. The lowest BCUT2D eigenvalue weighted by atomic mass is 10.5. The number of hydrogen-bond acceptors (Lipinski definition) is 6. The number of anilines is 2. The van der Waals surface area contributed by atoms with Gasteiger partial charge in [0.2, 0.25) is 0 Å². The first-order valence-corrected chi connectivity index (χ1v) is 6.55. The molecule has 0 aromatic carbocycles. The molecule has 2 rings (SSSR count). The fourth-order valence-corrected chi connectivity index (χ4v) is 2.66. The van der Waals surface area contributed by atoms with E-state index < -0.39 is 10.0 Å². The molecule has 0 unspecified atom stereocenters. The molecule has 0 fully saturated rings. The van der Waals surface area contributed by atoms with Gasteiger partial charge in [-0.05, 0) is 12.1 Å². The largest absolute Gasteiger partial charge is 0.381 e. The van der Waals surface area contributed by atoms with Gasteiger partial charge in [-0.15, -0.1) is 10.2 Å². The summed E-state index contributed by atoms with van der Waals surface area (Å²) >= 11 is 5.55. The van der Waals surface area contributed by atoms with Crippen LogP contribution in [0.4, 0.5) is 11.6 Å². The second-order valence-corrected chi connectivity index (χ2v) is 5.38. The van der Waals surface area contributed by atoms with Crippen molar-refractivity contribution in [3.8, 4) is 0 Å². The molecule has 0 saturated carbocycles. The van der Waals surface area contributed by atoms with E-state index in [9.17, 15) is 8.42 Å². The molecule has 0 spiro atoms. The van der Waals surface area contributed by atoms with Crippen LogP contribution in [0.1, 0.15) is 0 Å². The van der Waals surface area contributed by atoms with E-state index in [1.165, 1.54) is 30.1 Å². The van der Waals surface area contributed by atoms with Gasteiger partial charge in [0.15, 0.2) is 21.8 Å². The van der Waals surface area contributed by atoms with Crippen LogP contribution in [0.15, 0.2) is 23.5 Å². The monoisotopic (exact) mass is 288 g/mol. The molecule has 0 atom stereocenters. The third kappa shape index (κ3) is 2.36. The first-order valence-electron chi connectivity index (χ1n) is 4.69. The number of aryl methyl sites for hydroxylation is 1. The Labute approximate surface area is 108 Å². The number of rotatable bonds is 3. The van der Waals surface area contributed by atoms with Crippen molar-refractivity contribution in [2.24, 2.45) is 7.05 Å². The van der Waals surface area contributed by atoms with Crippen LogP contribution >= 0.6 is 11.6 Å². The van der Waals surface area contributed by atoms with Crippen LogP contribution in [0, 0.1) is 0 Å². The van der Waals surface area contributed by atoms with E-state index in [2.05, 4.69) is 19.9 Å². The molecule has 2 aromatic rings. The molecule has 3 N–H and O–H groups in total. The summed E-state index contributed by atoms with van der Waals surface area (Å²) in [6.45, 7) is 0. The maximum absolute atomic E-state index is 12.0. The van der Waals surface area contributed by atoms with E-state index in [1.807, 2.05) is 0 Å². The van der Waals surface area contributed by atoms with Crippen molar-refractivity contribution in [1.82, 2.24) is 19.7 Å². The van der Waals surface area contributed by atoms with Crippen molar-refractivity contribution >= 4 is 33.3 Å². The van der Waals surface area contributed by atoms with Crippen molar-refractivity contribution in [1.29, 1.82) is 0 Å². The normalized spacial score (nSPS) is 11.4. The number of nitrogens with one attached hydrogen (secondary N) is 1. The molecule has 2 aromatic heterocycles. The van der Waals surface area contributed by atoms with E-state index in [0.29, 0.717) is 0 Å². The Kier molecular flexibility index (Phi) is 3.09. The number of sulfonamides is 1. The lowest BCUT2D eigenvalue weighted by molar-refractivity contribution is 0.591. The average molecular weight is 289 g/mol. The van der Waals surface area contributed by atoms with E-state index >= 15 is 0 Å². The second-order valence-electron chi connectivity index (χ2n) is 3.39. The minimum Gasteiger partial charge on any atom is -0.381 e. The standard InChI is InChI=1S/C8H9ClN6O2S/c1-15-4-11-7(10)8(15)18(16,17)14-6-3-2-5(9)12-13-6/h2-4H,10H2,1H3,(H,13,14). The smallest absolute Gasteiger partial charge is 0.282 e. The summed E-state index contributed by atoms with van der Waals surface area (Å²) in [6.07, 6.45) is 1.30. The molecule has 8 nitrogen and oxygen atoms in total. The number of nitrogens with two attached hydrogens (primary N) is 1. The van der Waals surface area contributed by atoms with Crippen molar-refractivity contribution in [2.75, 3.05) is 10.5 Å². The Hall–Kier alpha value is -1.87. The van der Waals surface area contributed by atoms with Gasteiger partial charge in [0.05, 0.1) is 6.33 Å². The van der Waals surface area contributed by atoms with Gasteiger partial charge in [0, 0.05) is 7.05 Å².